The zero-order valence-corrected chi connectivity index (χ0v) is 13.7. The number of nitrogens with zero attached hydrogens (tertiary/aromatic N) is 1. The third-order valence-corrected chi connectivity index (χ3v) is 3.51. The molecule has 0 saturated heterocycles. The van der Waals surface area contributed by atoms with Crippen LogP contribution in [-0.4, -0.2) is 12.5 Å². The van der Waals surface area contributed by atoms with Crippen molar-refractivity contribution in [3.05, 3.63) is 58.6 Å². The van der Waals surface area contributed by atoms with Gasteiger partial charge in [0.2, 0.25) is 0 Å². The Labute approximate surface area is 140 Å². The van der Waals surface area contributed by atoms with E-state index in [1.54, 1.807) is 18.2 Å². The summed E-state index contributed by atoms with van der Waals surface area (Å²) in [5.41, 5.74) is 1.87. The van der Waals surface area contributed by atoms with Gasteiger partial charge in [-0.15, -0.1) is 0 Å². The molecule has 0 heterocycles. The van der Waals surface area contributed by atoms with E-state index in [0.717, 1.165) is 5.56 Å². The van der Waals surface area contributed by atoms with Gasteiger partial charge >= 0.3 is 0 Å². The second-order valence-electron chi connectivity index (χ2n) is 5.37. The maximum Gasteiger partial charge on any atom is 0.262 e. The monoisotopic (exact) mass is 328 g/mol. The highest BCUT2D eigenvalue weighted by atomic mass is 35.5. The summed E-state index contributed by atoms with van der Waals surface area (Å²) < 4.78 is 5.51. The number of ether oxygens (including phenoxy) is 1. The second kappa shape index (κ2) is 7.66. The molecule has 0 bridgehead atoms. The summed E-state index contributed by atoms with van der Waals surface area (Å²) in [5.74, 6) is 0.675. The van der Waals surface area contributed by atoms with E-state index in [9.17, 15) is 4.79 Å². The Balaban J connectivity index is 2.00. The Morgan fingerprint density at radius 3 is 2.78 bits per heavy atom. The summed E-state index contributed by atoms with van der Waals surface area (Å²) in [4.78, 5) is 12.0. The molecule has 1 amide bonds. The minimum atomic E-state index is -0.348. The number of halogens is 1. The zero-order valence-electron chi connectivity index (χ0n) is 13.0. The Morgan fingerprint density at radius 1 is 1.30 bits per heavy atom. The van der Waals surface area contributed by atoms with Gasteiger partial charge in [-0.05, 0) is 41.8 Å². The minimum absolute atomic E-state index is 0.140. The van der Waals surface area contributed by atoms with E-state index < -0.39 is 0 Å². The second-order valence-corrected chi connectivity index (χ2v) is 5.80. The molecular formula is C18H17ClN2O2. The summed E-state index contributed by atoms with van der Waals surface area (Å²) in [6.45, 7) is 4.04. The first-order valence-corrected chi connectivity index (χ1v) is 7.59. The molecule has 0 spiro atoms. The SMILES string of the molecule is CC(C)c1cccc(OCC(=O)Nc2cc(Cl)ccc2C#N)c1. The van der Waals surface area contributed by atoms with E-state index in [4.69, 9.17) is 21.6 Å². The van der Waals surface area contributed by atoms with Crippen LogP contribution in [0.3, 0.4) is 0 Å². The predicted octanol–water partition coefficient (Wildman–Crippen LogP) is 4.35. The third-order valence-electron chi connectivity index (χ3n) is 3.27. The van der Waals surface area contributed by atoms with E-state index in [2.05, 4.69) is 19.2 Å². The smallest absolute Gasteiger partial charge is 0.262 e. The average molecular weight is 329 g/mol. The lowest BCUT2D eigenvalue weighted by Crippen LogP contribution is -2.20. The molecule has 0 radical (unpaired) electrons. The Kier molecular flexibility index (Phi) is 5.61. The van der Waals surface area contributed by atoms with E-state index in [0.29, 0.717) is 27.9 Å². The quantitative estimate of drug-likeness (QED) is 0.887. The van der Waals surface area contributed by atoms with Crippen LogP contribution in [0.15, 0.2) is 42.5 Å². The molecule has 118 valence electrons. The molecule has 4 nitrogen and oxygen atoms in total. The third kappa shape index (κ3) is 4.73. The summed E-state index contributed by atoms with van der Waals surface area (Å²) in [6, 6.07) is 14.3. The van der Waals surface area contributed by atoms with Gasteiger partial charge < -0.3 is 10.1 Å². The molecule has 5 heteroatoms. The number of nitriles is 1. The summed E-state index contributed by atoms with van der Waals surface area (Å²) in [7, 11) is 0. The molecule has 0 aromatic heterocycles. The number of rotatable bonds is 5. The number of amides is 1. The molecular weight excluding hydrogens is 312 g/mol. The fourth-order valence-corrected chi connectivity index (χ4v) is 2.19. The van der Waals surface area contributed by atoms with Gasteiger partial charge in [-0.2, -0.15) is 5.26 Å². The summed E-state index contributed by atoms with van der Waals surface area (Å²) >= 11 is 5.89. The van der Waals surface area contributed by atoms with Crippen molar-refractivity contribution in [2.45, 2.75) is 19.8 Å². The van der Waals surface area contributed by atoms with Crippen LogP contribution in [0.4, 0.5) is 5.69 Å². The van der Waals surface area contributed by atoms with Crippen molar-refractivity contribution in [1.29, 1.82) is 5.26 Å². The molecule has 0 aliphatic heterocycles. The normalized spacial score (nSPS) is 10.2. The van der Waals surface area contributed by atoms with E-state index in [-0.39, 0.29) is 12.5 Å². The maximum atomic E-state index is 12.0. The lowest BCUT2D eigenvalue weighted by Gasteiger charge is -2.11. The number of nitrogens with one attached hydrogen (secondary N) is 1. The van der Waals surface area contributed by atoms with Gasteiger partial charge in [0.05, 0.1) is 11.3 Å². The van der Waals surface area contributed by atoms with Crippen molar-refractivity contribution in [2.24, 2.45) is 0 Å². The number of hydrogen-bond acceptors (Lipinski definition) is 3. The highest BCUT2D eigenvalue weighted by Crippen LogP contribution is 2.21. The molecule has 0 atom stereocenters. The van der Waals surface area contributed by atoms with Crippen molar-refractivity contribution in [2.75, 3.05) is 11.9 Å². The Bertz CT molecular complexity index is 751. The van der Waals surface area contributed by atoms with Crippen LogP contribution in [0.2, 0.25) is 5.02 Å². The molecule has 0 aliphatic rings. The van der Waals surface area contributed by atoms with Crippen LogP contribution < -0.4 is 10.1 Å². The van der Waals surface area contributed by atoms with Crippen molar-refractivity contribution >= 4 is 23.2 Å². The van der Waals surface area contributed by atoms with Gasteiger partial charge in [-0.3, -0.25) is 4.79 Å². The van der Waals surface area contributed by atoms with Gasteiger partial charge in [0, 0.05) is 5.02 Å². The first-order chi connectivity index (χ1) is 11.0. The van der Waals surface area contributed by atoms with Crippen molar-refractivity contribution in [1.82, 2.24) is 0 Å². The molecule has 2 rings (SSSR count). The summed E-state index contributed by atoms with van der Waals surface area (Å²) in [6.07, 6.45) is 0. The van der Waals surface area contributed by atoms with Gasteiger partial charge in [0.1, 0.15) is 11.8 Å². The van der Waals surface area contributed by atoms with Crippen molar-refractivity contribution in [3.63, 3.8) is 0 Å². The van der Waals surface area contributed by atoms with Crippen LogP contribution in [-0.2, 0) is 4.79 Å². The molecule has 0 unspecified atom stereocenters. The molecule has 0 saturated carbocycles. The number of benzene rings is 2. The molecule has 2 aromatic carbocycles. The number of carbonyl (C=O) groups excluding carboxylic acids is 1. The number of carbonyl (C=O) groups is 1. The van der Waals surface area contributed by atoms with Gasteiger partial charge in [-0.1, -0.05) is 37.6 Å². The largest absolute Gasteiger partial charge is 0.484 e. The van der Waals surface area contributed by atoms with Crippen LogP contribution in [0.1, 0.15) is 30.9 Å². The number of anilines is 1. The van der Waals surface area contributed by atoms with Crippen LogP contribution in [0.25, 0.3) is 0 Å². The first-order valence-electron chi connectivity index (χ1n) is 7.22. The van der Waals surface area contributed by atoms with Crippen molar-refractivity contribution < 1.29 is 9.53 Å². The summed E-state index contributed by atoms with van der Waals surface area (Å²) in [5, 5.41) is 12.1. The van der Waals surface area contributed by atoms with Crippen LogP contribution >= 0.6 is 11.6 Å². The molecule has 23 heavy (non-hydrogen) atoms. The Morgan fingerprint density at radius 2 is 2.09 bits per heavy atom. The molecule has 1 N–H and O–H groups in total. The van der Waals surface area contributed by atoms with Crippen molar-refractivity contribution in [3.8, 4) is 11.8 Å². The molecule has 0 aliphatic carbocycles. The van der Waals surface area contributed by atoms with Crippen LogP contribution in [0, 0.1) is 11.3 Å². The van der Waals surface area contributed by atoms with Gasteiger partial charge in [0.15, 0.2) is 6.61 Å². The lowest BCUT2D eigenvalue weighted by molar-refractivity contribution is -0.118. The maximum absolute atomic E-state index is 12.0. The minimum Gasteiger partial charge on any atom is -0.484 e. The van der Waals surface area contributed by atoms with E-state index >= 15 is 0 Å². The Hall–Kier alpha value is -2.51. The van der Waals surface area contributed by atoms with E-state index in [1.807, 2.05) is 24.3 Å². The zero-order chi connectivity index (χ0) is 16.8. The molecule has 2 aromatic rings. The van der Waals surface area contributed by atoms with Gasteiger partial charge in [-0.25, -0.2) is 0 Å². The van der Waals surface area contributed by atoms with E-state index in [1.165, 1.54) is 6.07 Å². The number of hydrogen-bond donors (Lipinski definition) is 1. The topological polar surface area (TPSA) is 62.1 Å². The van der Waals surface area contributed by atoms with Gasteiger partial charge in [0.25, 0.3) is 5.91 Å². The standard InChI is InChI=1S/C18H17ClN2O2/c1-12(2)13-4-3-5-16(8-13)23-11-18(22)21-17-9-15(19)7-6-14(17)10-20/h3-9,12H,11H2,1-2H3,(H,21,22). The van der Waals surface area contributed by atoms with Crippen LogP contribution in [0.5, 0.6) is 5.75 Å². The fraction of sp³-hybridized carbons (Fsp3) is 0.222. The highest BCUT2D eigenvalue weighted by molar-refractivity contribution is 6.31. The average Bonchev–Trinajstić information content (AvgIpc) is 2.53. The lowest BCUT2D eigenvalue weighted by atomic mass is 10.0. The first kappa shape index (κ1) is 16.9. The molecule has 0 fully saturated rings. The predicted molar refractivity (Wildman–Crippen MR) is 90.8 cm³/mol. The highest BCUT2D eigenvalue weighted by Gasteiger charge is 2.09. The fourth-order valence-electron chi connectivity index (χ4n) is 2.02.